The first-order chi connectivity index (χ1) is 12.0. The van der Waals surface area contributed by atoms with Crippen LogP contribution in [0.4, 0.5) is 4.79 Å². The Kier molecular flexibility index (Phi) is 7.72. The normalized spacial score (nSPS) is 17.5. The van der Waals surface area contributed by atoms with Gasteiger partial charge in [0.25, 0.3) is 0 Å². The third-order valence-electron chi connectivity index (χ3n) is 4.82. The molecule has 1 heterocycles. The van der Waals surface area contributed by atoms with Crippen molar-refractivity contribution in [2.45, 2.75) is 52.1 Å². The zero-order chi connectivity index (χ0) is 18.2. The van der Waals surface area contributed by atoms with Crippen molar-refractivity contribution in [3.63, 3.8) is 0 Å². The number of likely N-dealkylation sites (tertiary alicyclic amines) is 1. The molecule has 1 atom stereocenters. The molecule has 1 aromatic carbocycles. The van der Waals surface area contributed by atoms with Crippen LogP contribution in [-0.2, 0) is 6.42 Å². The van der Waals surface area contributed by atoms with Crippen molar-refractivity contribution in [1.82, 2.24) is 15.5 Å². The first-order valence-corrected chi connectivity index (χ1v) is 9.50. The van der Waals surface area contributed by atoms with E-state index < -0.39 is 0 Å². The lowest BCUT2D eigenvalue weighted by atomic mass is 10.0. The van der Waals surface area contributed by atoms with Crippen molar-refractivity contribution in [3.8, 4) is 0 Å². The van der Waals surface area contributed by atoms with Crippen LogP contribution in [0.5, 0.6) is 0 Å². The van der Waals surface area contributed by atoms with Gasteiger partial charge in [0.2, 0.25) is 0 Å². The second-order valence-electron chi connectivity index (χ2n) is 7.42. The monoisotopic (exact) mass is 347 g/mol. The summed E-state index contributed by atoms with van der Waals surface area (Å²) in [5.41, 5.74) is 2.18. The van der Waals surface area contributed by atoms with Crippen LogP contribution in [0.1, 0.15) is 50.8 Å². The summed E-state index contributed by atoms with van der Waals surface area (Å²) in [7, 11) is 0. The van der Waals surface area contributed by atoms with Crippen LogP contribution in [0.2, 0.25) is 0 Å². The lowest BCUT2D eigenvalue weighted by Crippen LogP contribution is -2.49. The van der Waals surface area contributed by atoms with Crippen LogP contribution in [0.25, 0.3) is 0 Å². The van der Waals surface area contributed by atoms with Gasteiger partial charge in [-0.2, -0.15) is 0 Å². The Hall–Kier alpha value is -1.59. The molecule has 0 aliphatic carbocycles. The predicted molar refractivity (Wildman–Crippen MR) is 102 cm³/mol. The van der Waals surface area contributed by atoms with E-state index in [9.17, 15) is 9.90 Å². The minimum absolute atomic E-state index is 0.105. The van der Waals surface area contributed by atoms with Gasteiger partial charge in [0.15, 0.2) is 0 Å². The molecule has 5 heteroatoms. The molecule has 1 fully saturated rings. The molecule has 1 aliphatic heterocycles. The number of aliphatic hydroxyl groups excluding tert-OH is 1. The van der Waals surface area contributed by atoms with Crippen molar-refractivity contribution in [3.05, 3.63) is 35.4 Å². The second kappa shape index (κ2) is 9.78. The van der Waals surface area contributed by atoms with Gasteiger partial charge in [0, 0.05) is 25.7 Å². The number of carbonyl (C=O) groups is 1. The quantitative estimate of drug-likeness (QED) is 0.710. The Labute approximate surface area is 151 Å². The summed E-state index contributed by atoms with van der Waals surface area (Å²) in [6.45, 7) is 9.66. The van der Waals surface area contributed by atoms with E-state index in [0.29, 0.717) is 5.92 Å². The summed E-state index contributed by atoms with van der Waals surface area (Å²) >= 11 is 0. The zero-order valence-electron chi connectivity index (χ0n) is 15.8. The number of nitrogens with one attached hydrogen (secondary N) is 2. The third kappa shape index (κ3) is 6.33. The Morgan fingerprint density at radius 2 is 1.88 bits per heavy atom. The Morgan fingerprint density at radius 1 is 1.24 bits per heavy atom. The van der Waals surface area contributed by atoms with Crippen molar-refractivity contribution in [2.24, 2.45) is 5.92 Å². The van der Waals surface area contributed by atoms with Crippen molar-refractivity contribution in [1.29, 1.82) is 0 Å². The number of hydrogen-bond acceptors (Lipinski definition) is 3. The molecule has 25 heavy (non-hydrogen) atoms. The highest BCUT2D eigenvalue weighted by Gasteiger charge is 2.22. The maximum Gasteiger partial charge on any atom is 0.315 e. The van der Waals surface area contributed by atoms with Gasteiger partial charge >= 0.3 is 6.03 Å². The van der Waals surface area contributed by atoms with Gasteiger partial charge in [-0.3, -0.25) is 0 Å². The molecule has 0 spiro atoms. The molecular formula is C20H33N3O2. The number of aryl methyl sites for hydroxylation is 1. The summed E-state index contributed by atoms with van der Waals surface area (Å²) < 4.78 is 0. The Bertz CT molecular complexity index is 522. The van der Waals surface area contributed by atoms with E-state index in [1.54, 1.807) is 0 Å². The van der Waals surface area contributed by atoms with E-state index in [1.165, 1.54) is 5.56 Å². The Morgan fingerprint density at radius 3 is 2.40 bits per heavy atom. The first kappa shape index (κ1) is 19.7. The maximum absolute atomic E-state index is 12.3. The minimum Gasteiger partial charge on any atom is -0.394 e. The van der Waals surface area contributed by atoms with E-state index in [0.717, 1.165) is 44.5 Å². The molecule has 2 amide bonds. The number of carbonyl (C=O) groups excluding carboxylic acids is 1. The van der Waals surface area contributed by atoms with Gasteiger partial charge in [0.05, 0.1) is 12.6 Å². The molecule has 0 bridgehead atoms. The molecule has 2 rings (SSSR count). The maximum atomic E-state index is 12.3. The van der Waals surface area contributed by atoms with Gasteiger partial charge in [-0.15, -0.1) is 0 Å². The van der Waals surface area contributed by atoms with Gasteiger partial charge in [0.1, 0.15) is 0 Å². The van der Waals surface area contributed by atoms with Gasteiger partial charge < -0.3 is 20.6 Å². The molecule has 0 saturated carbocycles. The van der Waals surface area contributed by atoms with Crippen LogP contribution in [0.15, 0.2) is 24.3 Å². The van der Waals surface area contributed by atoms with E-state index in [-0.39, 0.29) is 24.7 Å². The summed E-state index contributed by atoms with van der Waals surface area (Å²) in [5, 5.41) is 15.6. The number of urea groups is 1. The number of rotatable bonds is 7. The number of nitrogens with zero attached hydrogens (tertiary/aromatic N) is 1. The lowest BCUT2D eigenvalue weighted by molar-refractivity contribution is 0.175. The summed E-state index contributed by atoms with van der Waals surface area (Å²) in [6.07, 6.45) is 2.94. The van der Waals surface area contributed by atoms with Crippen LogP contribution in [0.3, 0.4) is 0 Å². The molecule has 1 saturated heterocycles. The van der Waals surface area contributed by atoms with Gasteiger partial charge in [-0.1, -0.05) is 45.0 Å². The molecule has 3 N–H and O–H groups in total. The number of hydrogen-bond donors (Lipinski definition) is 3. The topological polar surface area (TPSA) is 64.6 Å². The van der Waals surface area contributed by atoms with Crippen LogP contribution in [-0.4, -0.2) is 48.3 Å². The fourth-order valence-electron chi connectivity index (χ4n) is 3.38. The molecule has 0 radical (unpaired) electrons. The number of aliphatic hydroxyl groups is 1. The number of piperidine rings is 1. The van der Waals surface area contributed by atoms with Gasteiger partial charge in [-0.25, -0.2) is 4.79 Å². The molecule has 1 aromatic rings. The van der Waals surface area contributed by atoms with Crippen LogP contribution >= 0.6 is 0 Å². The molecule has 140 valence electrons. The fraction of sp³-hybridized carbons (Fsp3) is 0.650. The van der Waals surface area contributed by atoms with Crippen molar-refractivity contribution < 1.29 is 9.90 Å². The third-order valence-corrected chi connectivity index (χ3v) is 4.82. The van der Waals surface area contributed by atoms with Crippen LogP contribution < -0.4 is 10.6 Å². The molecule has 1 aliphatic rings. The van der Waals surface area contributed by atoms with E-state index in [2.05, 4.69) is 36.3 Å². The van der Waals surface area contributed by atoms with Crippen molar-refractivity contribution in [2.75, 3.05) is 26.2 Å². The summed E-state index contributed by atoms with van der Waals surface area (Å²) in [4.78, 5) is 14.8. The SMILES string of the molecule is CCc1ccc(C(CO)NC(=O)NC2CCN(CC(C)C)CC2)cc1. The van der Waals surface area contributed by atoms with Crippen LogP contribution in [0, 0.1) is 5.92 Å². The smallest absolute Gasteiger partial charge is 0.315 e. The Balaban J connectivity index is 1.80. The standard InChI is InChI=1S/C20H33N3O2/c1-4-16-5-7-17(8-6-16)19(14-24)22-20(25)21-18-9-11-23(12-10-18)13-15(2)3/h5-8,15,18-19,24H,4,9-14H2,1-3H3,(H2,21,22,25). The molecular weight excluding hydrogens is 314 g/mol. The highest BCUT2D eigenvalue weighted by Crippen LogP contribution is 2.15. The molecule has 1 unspecified atom stereocenters. The molecule has 0 aromatic heterocycles. The van der Waals surface area contributed by atoms with E-state index >= 15 is 0 Å². The summed E-state index contributed by atoms with van der Waals surface area (Å²) in [6, 6.07) is 7.69. The molecule has 5 nitrogen and oxygen atoms in total. The number of benzene rings is 1. The van der Waals surface area contributed by atoms with E-state index in [1.807, 2.05) is 24.3 Å². The first-order valence-electron chi connectivity index (χ1n) is 9.50. The van der Waals surface area contributed by atoms with Gasteiger partial charge in [-0.05, 0) is 36.3 Å². The average Bonchev–Trinajstić information content (AvgIpc) is 2.61. The zero-order valence-corrected chi connectivity index (χ0v) is 15.8. The highest BCUT2D eigenvalue weighted by molar-refractivity contribution is 5.74. The summed E-state index contributed by atoms with van der Waals surface area (Å²) in [5.74, 6) is 0.678. The number of amides is 2. The second-order valence-corrected chi connectivity index (χ2v) is 7.42. The lowest BCUT2D eigenvalue weighted by Gasteiger charge is -2.33. The highest BCUT2D eigenvalue weighted by atomic mass is 16.3. The van der Waals surface area contributed by atoms with Crippen molar-refractivity contribution >= 4 is 6.03 Å². The fourth-order valence-corrected chi connectivity index (χ4v) is 3.38. The van der Waals surface area contributed by atoms with E-state index in [4.69, 9.17) is 0 Å². The largest absolute Gasteiger partial charge is 0.394 e. The minimum atomic E-state index is -0.369. The predicted octanol–water partition coefficient (Wildman–Crippen LogP) is 2.70. The average molecular weight is 348 g/mol.